The van der Waals surface area contributed by atoms with Crippen molar-refractivity contribution in [3.8, 4) is 0 Å². The van der Waals surface area contributed by atoms with Crippen LogP contribution in [-0.4, -0.2) is 60.7 Å². The van der Waals surface area contributed by atoms with Crippen LogP contribution in [0.3, 0.4) is 0 Å². The topological polar surface area (TPSA) is 41.6 Å². The third kappa shape index (κ3) is 2.95. The van der Waals surface area contributed by atoms with Gasteiger partial charge in [0.25, 0.3) is 0 Å². The lowest BCUT2D eigenvalue weighted by molar-refractivity contribution is -0.136. The van der Waals surface area contributed by atoms with Gasteiger partial charge in [-0.1, -0.05) is 13.8 Å². The molecule has 4 atom stereocenters. The molecule has 2 rings (SSSR count). The molecule has 0 bridgehead atoms. The van der Waals surface area contributed by atoms with Crippen molar-refractivity contribution in [2.45, 2.75) is 30.4 Å². The van der Waals surface area contributed by atoms with Gasteiger partial charge in [0.1, 0.15) is 0 Å². The van der Waals surface area contributed by atoms with Crippen LogP contribution in [0.25, 0.3) is 0 Å². The molecule has 1 amide bonds. The highest BCUT2D eigenvalue weighted by Gasteiger charge is 2.37. The van der Waals surface area contributed by atoms with Gasteiger partial charge in [-0.25, -0.2) is 0 Å². The first-order valence-corrected chi connectivity index (χ1v) is 7.25. The molecule has 2 fully saturated rings. The largest absolute Gasteiger partial charge is 0.379 e. The minimum atomic E-state index is 0.00231. The summed E-state index contributed by atoms with van der Waals surface area (Å²) < 4.78 is 5.41. The normalized spacial score (nSPS) is 38.4. The molecule has 4 unspecified atom stereocenters. The molecule has 2 heterocycles. The molecule has 4 nitrogen and oxygen atoms in total. The van der Waals surface area contributed by atoms with E-state index in [9.17, 15) is 4.79 Å². The highest BCUT2D eigenvalue weighted by molar-refractivity contribution is 8.00. The number of nitrogens with one attached hydrogen (secondary N) is 1. The van der Waals surface area contributed by atoms with E-state index in [0.29, 0.717) is 23.7 Å². The Balaban J connectivity index is 1.99. The van der Waals surface area contributed by atoms with E-state index in [4.69, 9.17) is 4.74 Å². The average Bonchev–Trinajstić information content (AvgIpc) is 2.74. The Hall–Kier alpha value is -0.260. The van der Waals surface area contributed by atoms with E-state index < -0.39 is 0 Å². The summed E-state index contributed by atoms with van der Waals surface area (Å²) in [5.41, 5.74) is 0. The second kappa shape index (κ2) is 5.59. The number of hydrogen-bond acceptors (Lipinski definition) is 4. The summed E-state index contributed by atoms with van der Waals surface area (Å²) in [4.78, 5) is 14.5. The van der Waals surface area contributed by atoms with Gasteiger partial charge in [-0.2, -0.15) is 11.8 Å². The summed E-state index contributed by atoms with van der Waals surface area (Å²) in [6, 6.07) is 0.183. The van der Waals surface area contributed by atoms with Crippen molar-refractivity contribution < 1.29 is 9.53 Å². The van der Waals surface area contributed by atoms with Crippen molar-refractivity contribution in [2.75, 3.05) is 33.4 Å². The lowest BCUT2D eigenvalue weighted by Crippen LogP contribution is -2.50. The molecule has 5 heteroatoms. The molecule has 0 radical (unpaired) electrons. The van der Waals surface area contributed by atoms with Gasteiger partial charge in [-0.3, -0.25) is 4.79 Å². The molecule has 0 aromatic carbocycles. The van der Waals surface area contributed by atoms with Crippen LogP contribution in [0.1, 0.15) is 13.8 Å². The zero-order valence-corrected chi connectivity index (χ0v) is 11.6. The molecule has 2 aliphatic heterocycles. The quantitative estimate of drug-likeness (QED) is 0.786. The van der Waals surface area contributed by atoms with Crippen LogP contribution in [-0.2, 0) is 9.53 Å². The van der Waals surface area contributed by atoms with E-state index in [1.165, 1.54) is 0 Å². The molecule has 17 heavy (non-hydrogen) atoms. The van der Waals surface area contributed by atoms with Gasteiger partial charge in [-0.05, 0) is 7.05 Å². The number of ether oxygens (including phenoxy) is 1. The summed E-state index contributed by atoms with van der Waals surface area (Å²) in [6.07, 6.45) is 0. The van der Waals surface area contributed by atoms with Crippen LogP contribution < -0.4 is 5.32 Å². The zero-order chi connectivity index (χ0) is 12.4. The Bertz CT molecular complexity index is 278. The summed E-state index contributed by atoms with van der Waals surface area (Å²) in [7, 11) is 1.90. The fraction of sp³-hybridized carbons (Fsp3) is 0.917. The highest BCUT2D eigenvalue weighted by atomic mass is 32.2. The van der Waals surface area contributed by atoms with E-state index >= 15 is 0 Å². The predicted molar refractivity (Wildman–Crippen MR) is 70.3 cm³/mol. The summed E-state index contributed by atoms with van der Waals surface area (Å²) >= 11 is 1.97. The van der Waals surface area contributed by atoms with Gasteiger partial charge >= 0.3 is 0 Å². The maximum atomic E-state index is 12.5. The van der Waals surface area contributed by atoms with Crippen molar-refractivity contribution in [3.63, 3.8) is 0 Å². The standard InChI is InChI=1S/C12H22N2O2S/c1-8-4-14(5-9(2)17-8)12(15)10-6-16-7-11(10)13-3/h8-11,13H,4-7H2,1-3H3. The fourth-order valence-electron chi connectivity index (χ4n) is 2.67. The average molecular weight is 258 g/mol. The van der Waals surface area contributed by atoms with Gasteiger partial charge in [0.05, 0.1) is 19.1 Å². The number of carbonyl (C=O) groups excluding carboxylic acids is 1. The minimum absolute atomic E-state index is 0.00231. The molecule has 98 valence electrons. The van der Waals surface area contributed by atoms with Gasteiger partial charge in [0.2, 0.25) is 5.91 Å². The lowest BCUT2D eigenvalue weighted by atomic mass is 10.0. The second-order valence-corrected chi connectivity index (χ2v) is 6.92. The third-order valence-electron chi connectivity index (χ3n) is 3.50. The van der Waals surface area contributed by atoms with Crippen molar-refractivity contribution in [1.82, 2.24) is 10.2 Å². The Labute approximate surface area is 107 Å². The fourth-order valence-corrected chi connectivity index (χ4v) is 4.00. The molecular formula is C12H22N2O2S. The first-order valence-electron chi connectivity index (χ1n) is 6.31. The van der Waals surface area contributed by atoms with Gasteiger partial charge in [0.15, 0.2) is 0 Å². The SMILES string of the molecule is CNC1COCC1C(=O)N1CC(C)SC(C)C1. The zero-order valence-electron chi connectivity index (χ0n) is 10.8. The van der Waals surface area contributed by atoms with Crippen LogP contribution in [0.2, 0.25) is 0 Å². The number of rotatable bonds is 2. The maximum absolute atomic E-state index is 12.5. The molecule has 0 aromatic rings. The first kappa shape index (κ1) is 13.2. The predicted octanol–water partition coefficient (Wildman–Crippen LogP) is 0.573. The number of nitrogens with zero attached hydrogens (tertiary/aromatic N) is 1. The first-order chi connectivity index (χ1) is 8.11. The van der Waals surface area contributed by atoms with Gasteiger partial charge in [-0.15, -0.1) is 0 Å². The molecule has 2 saturated heterocycles. The van der Waals surface area contributed by atoms with Crippen molar-refractivity contribution in [1.29, 1.82) is 0 Å². The van der Waals surface area contributed by atoms with Gasteiger partial charge < -0.3 is 15.0 Å². The molecule has 0 aromatic heterocycles. The summed E-state index contributed by atoms with van der Waals surface area (Å²) in [6.45, 7) is 7.36. The number of carbonyl (C=O) groups is 1. The highest BCUT2D eigenvalue weighted by Crippen LogP contribution is 2.27. The van der Waals surface area contributed by atoms with E-state index in [0.717, 1.165) is 13.1 Å². The number of amides is 1. The van der Waals surface area contributed by atoms with Crippen LogP contribution in [0.15, 0.2) is 0 Å². The number of likely N-dealkylation sites (N-methyl/N-ethyl adjacent to an activating group) is 1. The molecule has 0 aliphatic carbocycles. The molecular weight excluding hydrogens is 236 g/mol. The van der Waals surface area contributed by atoms with Gasteiger partial charge in [0, 0.05) is 29.6 Å². The van der Waals surface area contributed by atoms with E-state index in [2.05, 4.69) is 19.2 Å². The Kier molecular flexibility index (Phi) is 4.33. The van der Waals surface area contributed by atoms with Crippen LogP contribution >= 0.6 is 11.8 Å². The monoisotopic (exact) mass is 258 g/mol. The summed E-state index contributed by atoms with van der Waals surface area (Å²) in [5, 5.41) is 4.26. The Morgan fingerprint density at radius 3 is 2.53 bits per heavy atom. The smallest absolute Gasteiger partial charge is 0.229 e. The van der Waals surface area contributed by atoms with E-state index in [1.54, 1.807) is 0 Å². The third-order valence-corrected chi connectivity index (χ3v) is 4.73. The van der Waals surface area contributed by atoms with Crippen LogP contribution in [0, 0.1) is 5.92 Å². The maximum Gasteiger partial charge on any atom is 0.229 e. The Morgan fingerprint density at radius 1 is 1.29 bits per heavy atom. The number of hydrogen-bond donors (Lipinski definition) is 1. The van der Waals surface area contributed by atoms with E-state index in [-0.39, 0.29) is 17.9 Å². The van der Waals surface area contributed by atoms with Crippen LogP contribution in [0.5, 0.6) is 0 Å². The summed E-state index contributed by atoms with van der Waals surface area (Å²) in [5.74, 6) is 0.267. The molecule has 0 spiro atoms. The molecule has 0 saturated carbocycles. The Morgan fingerprint density at radius 2 is 1.94 bits per heavy atom. The van der Waals surface area contributed by atoms with E-state index in [1.807, 2.05) is 23.7 Å². The number of thioether (sulfide) groups is 1. The van der Waals surface area contributed by atoms with Crippen LogP contribution in [0.4, 0.5) is 0 Å². The van der Waals surface area contributed by atoms with Crippen molar-refractivity contribution in [3.05, 3.63) is 0 Å². The minimum Gasteiger partial charge on any atom is -0.379 e. The molecule has 2 aliphatic rings. The molecule has 1 N–H and O–H groups in total. The second-order valence-electron chi connectivity index (χ2n) is 5.04. The lowest BCUT2D eigenvalue weighted by Gasteiger charge is -2.36. The van der Waals surface area contributed by atoms with Crippen molar-refractivity contribution >= 4 is 17.7 Å². The van der Waals surface area contributed by atoms with Crippen molar-refractivity contribution in [2.24, 2.45) is 5.92 Å².